The summed E-state index contributed by atoms with van der Waals surface area (Å²) in [5.74, 6) is -0.931. The highest BCUT2D eigenvalue weighted by molar-refractivity contribution is 7.98. The lowest BCUT2D eigenvalue weighted by molar-refractivity contribution is -0.140. The largest absolute Gasteiger partial charge is 0.481 e. The van der Waals surface area contributed by atoms with Crippen LogP contribution in [0.1, 0.15) is 33.4 Å². The molecule has 0 radical (unpaired) electrons. The first-order valence-corrected chi connectivity index (χ1v) is 9.62. The molecule has 1 aliphatic rings. The van der Waals surface area contributed by atoms with Gasteiger partial charge in [0.05, 0.1) is 6.04 Å². The monoisotopic (exact) mass is 347 g/mol. The van der Waals surface area contributed by atoms with Gasteiger partial charge in [-0.1, -0.05) is 18.2 Å². The van der Waals surface area contributed by atoms with Gasteiger partial charge in [0.2, 0.25) is 0 Å². The van der Waals surface area contributed by atoms with E-state index in [9.17, 15) is 14.7 Å². The van der Waals surface area contributed by atoms with Crippen molar-refractivity contribution in [3.8, 4) is 0 Å². The van der Waals surface area contributed by atoms with E-state index in [1.165, 1.54) is 11.3 Å². The van der Waals surface area contributed by atoms with Crippen molar-refractivity contribution in [2.24, 2.45) is 0 Å². The number of carboxylic acids is 1. The second-order valence-corrected chi connectivity index (χ2v) is 7.16. The van der Waals surface area contributed by atoms with Crippen LogP contribution in [0.2, 0.25) is 0 Å². The van der Waals surface area contributed by atoms with Gasteiger partial charge in [-0.3, -0.25) is 9.59 Å². The number of benzene rings is 1. The molecule has 2 aromatic rings. The number of hydrogen-bond acceptors (Lipinski definition) is 4. The number of carbonyl (C=O) groups is 2. The number of amides is 1. The average Bonchev–Trinajstić information content (AvgIpc) is 3.07. The van der Waals surface area contributed by atoms with Crippen LogP contribution in [0.3, 0.4) is 0 Å². The standard InChI is InChI=1S/C17H17NO3S2/c1-22-9-7-18-15(11-6-8-23-10-11)14(17(20)21)12-4-2-3-5-13(12)16(18)19/h2-6,8,10,14-15H,7,9H2,1H3,(H,20,21). The van der Waals surface area contributed by atoms with Crippen LogP contribution in [0.5, 0.6) is 0 Å². The molecule has 3 rings (SSSR count). The number of rotatable bonds is 5. The summed E-state index contributed by atoms with van der Waals surface area (Å²) in [6.07, 6.45) is 1.98. The van der Waals surface area contributed by atoms with Gasteiger partial charge in [0.25, 0.3) is 5.91 Å². The van der Waals surface area contributed by atoms with E-state index in [2.05, 4.69) is 0 Å². The maximum Gasteiger partial charge on any atom is 0.313 e. The number of hydrogen-bond donors (Lipinski definition) is 1. The molecule has 23 heavy (non-hydrogen) atoms. The Morgan fingerprint density at radius 3 is 2.78 bits per heavy atom. The van der Waals surface area contributed by atoms with Crippen LogP contribution in [0, 0.1) is 0 Å². The number of carbonyl (C=O) groups excluding carboxylic acids is 1. The van der Waals surface area contributed by atoms with Crippen LogP contribution >= 0.6 is 23.1 Å². The molecular formula is C17H17NO3S2. The van der Waals surface area contributed by atoms with Gasteiger partial charge in [0.15, 0.2) is 0 Å². The first-order valence-electron chi connectivity index (χ1n) is 7.29. The van der Waals surface area contributed by atoms with Crippen molar-refractivity contribution in [3.05, 3.63) is 57.8 Å². The quantitative estimate of drug-likeness (QED) is 0.900. The second kappa shape index (κ2) is 6.76. The van der Waals surface area contributed by atoms with Crippen LogP contribution in [0.25, 0.3) is 0 Å². The normalized spacial score (nSPS) is 20.4. The summed E-state index contributed by atoms with van der Waals surface area (Å²) in [6.45, 7) is 0.540. The summed E-state index contributed by atoms with van der Waals surface area (Å²) in [4.78, 5) is 26.7. The van der Waals surface area contributed by atoms with Crippen LogP contribution in [0.15, 0.2) is 41.1 Å². The average molecular weight is 347 g/mol. The van der Waals surface area contributed by atoms with E-state index in [-0.39, 0.29) is 5.91 Å². The highest BCUT2D eigenvalue weighted by Crippen LogP contribution is 2.43. The van der Waals surface area contributed by atoms with E-state index < -0.39 is 17.9 Å². The van der Waals surface area contributed by atoms with Crippen molar-refractivity contribution in [3.63, 3.8) is 0 Å². The summed E-state index contributed by atoms with van der Waals surface area (Å²) >= 11 is 3.17. The molecule has 0 spiro atoms. The van der Waals surface area contributed by atoms with Gasteiger partial charge in [-0.2, -0.15) is 23.1 Å². The lowest BCUT2D eigenvalue weighted by Crippen LogP contribution is -2.45. The Morgan fingerprint density at radius 1 is 1.35 bits per heavy atom. The van der Waals surface area contributed by atoms with E-state index in [0.29, 0.717) is 17.7 Å². The number of fused-ring (bicyclic) bond motifs is 1. The first kappa shape index (κ1) is 16.1. The Balaban J connectivity index is 2.15. The third-order valence-corrected chi connectivity index (χ3v) is 5.42. The summed E-state index contributed by atoms with van der Waals surface area (Å²) in [5, 5.41) is 13.7. The molecular weight excluding hydrogens is 330 g/mol. The zero-order valence-electron chi connectivity index (χ0n) is 12.6. The lowest BCUT2D eigenvalue weighted by Gasteiger charge is -2.40. The van der Waals surface area contributed by atoms with Gasteiger partial charge in [0.1, 0.15) is 5.92 Å². The van der Waals surface area contributed by atoms with Gasteiger partial charge in [-0.05, 0) is 40.3 Å². The Bertz CT molecular complexity index is 714. The Morgan fingerprint density at radius 2 is 2.13 bits per heavy atom. The molecule has 120 valence electrons. The maximum absolute atomic E-state index is 12.9. The predicted octanol–water partition coefficient (Wildman–Crippen LogP) is 3.48. The molecule has 2 atom stereocenters. The van der Waals surface area contributed by atoms with E-state index in [4.69, 9.17) is 0 Å². The molecule has 2 unspecified atom stereocenters. The van der Waals surface area contributed by atoms with Crippen LogP contribution in [-0.2, 0) is 4.79 Å². The van der Waals surface area contributed by atoms with Gasteiger partial charge in [-0.25, -0.2) is 0 Å². The smallest absolute Gasteiger partial charge is 0.313 e. The molecule has 4 nitrogen and oxygen atoms in total. The Labute approximate surface area is 143 Å². The Kier molecular flexibility index (Phi) is 4.73. The highest BCUT2D eigenvalue weighted by atomic mass is 32.2. The van der Waals surface area contributed by atoms with Crippen LogP contribution in [0.4, 0.5) is 0 Å². The maximum atomic E-state index is 12.9. The molecule has 6 heteroatoms. The summed E-state index contributed by atoms with van der Waals surface area (Å²) in [5.41, 5.74) is 2.01. The van der Waals surface area contributed by atoms with Crippen LogP contribution in [-0.4, -0.2) is 40.4 Å². The van der Waals surface area contributed by atoms with Crippen molar-refractivity contribution >= 4 is 35.0 Å². The highest BCUT2D eigenvalue weighted by Gasteiger charge is 2.44. The van der Waals surface area contributed by atoms with E-state index in [1.807, 2.05) is 23.1 Å². The van der Waals surface area contributed by atoms with Crippen molar-refractivity contribution in [2.45, 2.75) is 12.0 Å². The molecule has 2 heterocycles. The number of thiophene rings is 1. The van der Waals surface area contributed by atoms with Gasteiger partial charge < -0.3 is 10.0 Å². The molecule has 0 saturated heterocycles. The van der Waals surface area contributed by atoms with E-state index in [1.54, 1.807) is 40.9 Å². The molecule has 1 aliphatic heterocycles. The van der Waals surface area contributed by atoms with E-state index in [0.717, 1.165) is 11.3 Å². The van der Waals surface area contributed by atoms with Crippen molar-refractivity contribution in [1.29, 1.82) is 0 Å². The number of thioether (sulfide) groups is 1. The fraction of sp³-hybridized carbons (Fsp3) is 0.294. The number of carboxylic acid groups (broad SMARTS) is 1. The minimum Gasteiger partial charge on any atom is -0.481 e. The first-order chi connectivity index (χ1) is 11.1. The number of aliphatic carboxylic acids is 1. The number of nitrogens with zero attached hydrogens (tertiary/aromatic N) is 1. The molecule has 1 aromatic heterocycles. The Hall–Kier alpha value is -1.79. The summed E-state index contributed by atoms with van der Waals surface area (Å²) in [6, 6.07) is 8.53. The molecule has 1 amide bonds. The van der Waals surface area contributed by atoms with Gasteiger partial charge >= 0.3 is 5.97 Å². The molecule has 0 aliphatic carbocycles. The lowest BCUT2D eigenvalue weighted by atomic mass is 9.80. The molecule has 1 N–H and O–H groups in total. The molecule has 0 bridgehead atoms. The van der Waals surface area contributed by atoms with E-state index >= 15 is 0 Å². The van der Waals surface area contributed by atoms with Crippen LogP contribution < -0.4 is 0 Å². The third-order valence-electron chi connectivity index (χ3n) is 4.13. The fourth-order valence-electron chi connectivity index (χ4n) is 3.11. The van der Waals surface area contributed by atoms with Crippen molar-refractivity contribution < 1.29 is 14.7 Å². The zero-order valence-corrected chi connectivity index (χ0v) is 14.3. The predicted molar refractivity (Wildman–Crippen MR) is 93.3 cm³/mol. The summed E-state index contributed by atoms with van der Waals surface area (Å²) in [7, 11) is 0. The fourth-order valence-corrected chi connectivity index (χ4v) is 4.18. The molecule has 0 fully saturated rings. The minimum atomic E-state index is -0.893. The van der Waals surface area contributed by atoms with Gasteiger partial charge in [0, 0.05) is 17.9 Å². The van der Waals surface area contributed by atoms with Crippen molar-refractivity contribution in [1.82, 2.24) is 4.90 Å². The SMILES string of the molecule is CSCCN1C(=O)c2ccccc2C(C(=O)O)C1c1ccsc1. The van der Waals surface area contributed by atoms with Crippen molar-refractivity contribution in [2.75, 3.05) is 18.6 Å². The molecule has 1 aromatic carbocycles. The van der Waals surface area contributed by atoms with Gasteiger partial charge in [-0.15, -0.1) is 0 Å². The summed E-state index contributed by atoms with van der Waals surface area (Å²) < 4.78 is 0. The zero-order chi connectivity index (χ0) is 16.4. The molecule has 0 saturated carbocycles. The third kappa shape index (κ3) is 2.88. The topological polar surface area (TPSA) is 57.6 Å². The second-order valence-electron chi connectivity index (χ2n) is 5.40. The minimum absolute atomic E-state index is 0.0802.